The highest BCUT2D eigenvalue weighted by atomic mass is 16.2. The highest BCUT2D eigenvalue weighted by molar-refractivity contribution is 5.96. The SMILES string of the molecule is Cc1ccc(C(=O)NNC(=O)CC(C)(C)C)c(C)c1. The maximum absolute atomic E-state index is 11.9. The predicted octanol–water partition coefficient (Wildman–Crippen LogP) is 2.50. The molecule has 0 bridgehead atoms. The standard InChI is InChI=1S/C15H22N2O2/c1-10-6-7-12(11(2)8-10)14(19)17-16-13(18)9-15(3,4)5/h6-8H,9H2,1-5H3,(H,16,18)(H,17,19). The van der Waals surface area contributed by atoms with Crippen molar-refractivity contribution in [3.05, 3.63) is 34.9 Å². The van der Waals surface area contributed by atoms with E-state index in [9.17, 15) is 9.59 Å². The molecule has 104 valence electrons. The normalized spacial score (nSPS) is 11.0. The number of rotatable bonds is 2. The molecule has 0 aliphatic heterocycles. The molecule has 1 rings (SSSR count). The maximum Gasteiger partial charge on any atom is 0.269 e. The first kappa shape index (κ1) is 15.2. The van der Waals surface area contributed by atoms with E-state index in [4.69, 9.17) is 0 Å². The quantitative estimate of drug-likeness (QED) is 0.805. The molecule has 4 heteroatoms. The van der Waals surface area contributed by atoms with Crippen molar-refractivity contribution in [3.63, 3.8) is 0 Å². The van der Waals surface area contributed by atoms with Gasteiger partial charge in [-0.25, -0.2) is 0 Å². The Hall–Kier alpha value is -1.84. The van der Waals surface area contributed by atoms with Gasteiger partial charge in [0.05, 0.1) is 0 Å². The number of carbonyl (C=O) groups excluding carboxylic acids is 2. The molecule has 2 N–H and O–H groups in total. The Kier molecular flexibility index (Phi) is 4.70. The second-order valence-electron chi connectivity index (χ2n) is 6.06. The number of hydrogen-bond acceptors (Lipinski definition) is 2. The third kappa shape index (κ3) is 5.12. The fourth-order valence-corrected chi connectivity index (χ4v) is 1.79. The Balaban J connectivity index is 2.59. The third-order valence-corrected chi connectivity index (χ3v) is 2.63. The van der Waals surface area contributed by atoms with Gasteiger partial charge in [-0.2, -0.15) is 0 Å². The van der Waals surface area contributed by atoms with Gasteiger partial charge in [-0.1, -0.05) is 38.5 Å². The highest BCUT2D eigenvalue weighted by Crippen LogP contribution is 2.17. The Morgan fingerprint density at radius 2 is 1.74 bits per heavy atom. The van der Waals surface area contributed by atoms with Crippen molar-refractivity contribution >= 4 is 11.8 Å². The van der Waals surface area contributed by atoms with E-state index in [2.05, 4.69) is 10.9 Å². The number of nitrogens with one attached hydrogen (secondary N) is 2. The number of carbonyl (C=O) groups is 2. The number of hydrogen-bond donors (Lipinski definition) is 2. The summed E-state index contributed by atoms with van der Waals surface area (Å²) in [5.41, 5.74) is 7.35. The molecular formula is C15H22N2O2. The molecule has 0 spiro atoms. The van der Waals surface area contributed by atoms with E-state index in [-0.39, 0.29) is 17.2 Å². The van der Waals surface area contributed by atoms with Crippen molar-refractivity contribution < 1.29 is 9.59 Å². The van der Waals surface area contributed by atoms with Crippen molar-refractivity contribution in [2.45, 2.75) is 41.0 Å². The van der Waals surface area contributed by atoms with Crippen molar-refractivity contribution in [1.29, 1.82) is 0 Å². The van der Waals surface area contributed by atoms with Gasteiger partial charge in [-0.3, -0.25) is 20.4 Å². The second kappa shape index (κ2) is 5.87. The van der Waals surface area contributed by atoms with Gasteiger partial charge in [0.25, 0.3) is 5.91 Å². The van der Waals surface area contributed by atoms with E-state index in [1.165, 1.54) is 0 Å². The molecule has 1 aromatic rings. The molecule has 0 heterocycles. The summed E-state index contributed by atoms with van der Waals surface area (Å²) in [6.07, 6.45) is 0.361. The summed E-state index contributed by atoms with van der Waals surface area (Å²) in [5, 5.41) is 0. The molecule has 1 aromatic carbocycles. The van der Waals surface area contributed by atoms with E-state index in [1.54, 1.807) is 6.07 Å². The van der Waals surface area contributed by atoms with Crippen LogP contribution in [0.4, 0.5) is 0 Å². The van der Waals surface area contributed by atoms with Crippen LogP contribution in [0.3, 0.4) is 0 Å². The van der Waals surface area contributed by atoms with Crippen molar-refractivity contribution in [2.75, 3.05) is 0 Å². The molecule has 2 amide bonds. The number of amides is 2. The van der Waals surface area contributed by atoms with Crippen molar-refractivity contribution in [2.24, 2.45) is 5.41 Å². The minimum absolute atomic E-state index is 0.103. The van der Waals surface area contributed by atoms with Crippen LogP contribution in [0.15, 0.2) is 18.2 Å². The monoisotopic (exact) mass is 262 g/mol. The molecule has 0 unspecified atom stereocenters. The molecule has 0 aliphatic rings. The number of benzene rings is 1. The van der Waals surface area contributed by atoms with Crippen LogP contribution in [-0.4, -0.2) is 11.8 Å². The first-order valence-electron chi connectivity index (χ1n) is 6.35. The van der Waals surface area contributed by atoms with Gasteiger partial charge < -0.3 is 0 Å². The second-order valence-corrected chi connectivity index (χ2v) is 6.06. The summed E-state index contributed by atoms with van der Waals surface area (Å²) < 4.78 is 0. The minimum Gasteiger partial charge on any atom is -0.273 e. The molecule has 0 atom stereocenters. The minimum atomic E-state index is -0.292. The lowest BCUT2D eigenvalue weighted by molar-refractivity contribution is -0.123. The number of hydrazine groups is 1. The lowest BCUT2D eigenvalue weighted by Gasteiger charge is -2.17. The molecule has 0 aliphatic carbocycles. The van der Waals surface area contributed by atoms with Crippen LogP contribution < -0.4 is 10.9 Å². The smallest absolute Gasteiger partial charge is 0.269 e. The predicted molar refractivity (Wildman–Crippen MR) is 75.6 cm³/mol. The summed E-state index contributed by atoms with van der Waals surface area (Å²) in [4.78, 5) is 23.5. The van der Waals surface area contributed by atoms with Crippen LogP contribution in [0.25, 0.3) is 0 Å². The molecular weight excluding hydrogens is 240 g/mol. The highest BCUT2D eigenvalue weighted by Gasteiger charge is 2.16. The lowest BCUT2D eigenvalue weighted by Crippen LogP contribution is -2.43. The molecule has 0 radical (unpaired) electrons. The zero-order valence-electron chi connectivity index (χ0n) is 12.3. The molecule has 4 nitrogen and oxygen atoms in total. The van der Waals surface area contributed by atoms with Crippen LogP contribution in [0.1, 0.15) is 48.7 Å². The average Bonchev–Trinajstić information content (AvgIpc) is 2.23. The largest absolute Gasteiger partial charge is 0.273 e. The summed E-state index contributed by atoms with van der Waals surface area (Å²) in [7, 11) is 0. The summed E-state index contributed by atoms with van der Waals surface area (Å²) in [6, 6.07) is 5.57. The van der Waals surface area contributed by atoms with Gasteiger partial charge >= 0.3 is 0 Å². The summed E-state index contributed by atoms with van der Waals surface area (Å²) >= 11 is 0. The van der Waals surface area contributed by atoms with Crippen LogP contribution in [0.5, 0.6) is 0 Å². The summed E-state index contributed by atoms with van der Waals surface area (Å²) in [5.74, 6) is -0.481. The summed E-state index contributed by atoms with van der Waals surface area (Å²) in [6.45, 7) is 9.76. The Labute approximate surface area is 114 Å². The van der Waals surface area contributed by atoms with Gasteiger partial charge in [0.15, 0.2) is 0 Å². The first-order valence-corrected chi connectivity index (χ1v) is 6.35. The average molecular weight is 262 g/mol. The van der Waals surface area contributed by atoms with E-state index in [0.29, 0.717) is 12.0 Å². The van der Waals surface area contributed by atoms with Gasteiger partial charge in [0.1, 0.15) is 0 Å². The molecule has 0 fully saturated rings. The van der Waals surface area contributed by atoms with Gasteiger partial charge in [-0.05, 0) is 30.9 Å². The van der Waals surface area contributed by atoms with E-state index in [1.807, 2.05) is 46.8 Å². The van der Waals surface area contributed by atoms with E-state index in [0.717, 1.165) is 11.1 Å². The molecule has 19 heavy (non-hydrogen) atoms. The van der Waals surface area contributed by atoms with Crippen molar-refractivity contribution in [3.8, 4) is 0 Å². The van der Waals surface area contributed by atoms with E-state index < -0.39 is 0 Å². The topological polar surface area (TPSA) is 58.2 Å². The molecule has 0 saturated carbocycles. The number of aryl methyl sites for hydroxylation is 2. The third-order valence-electron chi connectivity index (χ3n) is 2.63. The Bertz CT molecular complexity index is 487. The van der Waals surface area contributed by atoms with Crippen LogP contribution in [0, 0.1) is 19.3 Å². The van der Waals surface area contributed by atoms with Gasteiger partial charge in [-0.15, -0.1) is 0 Å². The molecule has 0 saturated heterocycles. The van der Waals surface area contributed by atoms with Crippen LogP contribution >= 0.6 is 0 Å². The molecule has 0 aromatic heterocycles. The zero-order valence-corrected chi connectivity index (χ0v) is 12.3. The van der Waals surface area contributed by atoms with Crippen molar-refractivity contribution in [1.82, 2.24) is 10.9 Å². The van der Waals surface area contributed by atoms with Crippen LogP contribution in [0.2, 0.25) is 0 Å². The fraction of sp³-hybridized carbons (Fsp3) is 0.467. The van der Waals surface area contributed by atoms with E-state index >= 15 is 0 Å². The fourth-order valence-electron chi connectivity index (χ4n) is 1.79. The Morgan fingerprint density at radius 1 is 1.11 bits per heavy atom. The van der Waals surface area contributed by atoms with Crippen LogP contribution in [-0.2, 0) is 4.79 Å². The Morgan fingerprint density at radius 3 is 2.26 bits per heavy atom. The maximum atomic E-state index is 11.9. The lowest BCUT2D eigenvalue weighted by atomic mass is 9.92. The van der Waals surface area contributed by atoms with Gasteiger partial charge in [0, 0.05) is 12.0 Å². The first-order chi connectivity index (χ1) is 8.69. The zero-order chi connectivity index (χ0) is 14.6. The van der Waals surface area contributed by atoms with Gasteiger partial charge in [0.2, 0.25) is 5.91 Å².